The zero-order valence-electron chi connectivity index (χ0n) is 8.69. The summed E-state index contributed by atoms with van der Waals surface area (Å²) in [5.41, 5.74) is 0. The van der Waals surface area contributed by atoms with Crippen LogP contribution in [0, 0.1) is 0 Å². The Morgan fingerprint density at radius 3 is 2.53 bits per heavy atom. The first-order chi connectivity index (χ1) is 7.03. The summed E-state index contributed by atoms with van der Waals surface area (Å²) in [5.74, 6) is 0. The van der Waals surface area contributed by atoms with E-state index in [4.69, 9.17) is 0 Å². The maximum Gasteiger partial charge on any atom is 0.390 e. The average molecular weight is 288 g/mol. The third kappa shape index (κ3) is 5.20. The molecule has 0 N–H and O–H groups in total. The van der Waals surface area contributed by atoms with Gasteiger partial charge in [0.05, 0.1) is 6.42 Å². The molecule has 1 fully saturated rings. The summed E-state index contributed by atoms with van der Waals surface area (Å²) in [7, 11) is 0. The molecule has 1 saturated heterocycles. The molecule has 1 unspecified atom stereocenters. The zero-order chi connectivity index (χ0) is 11.3. The van der Waals surface area contributed by atoms with Gasteiger partial charge in [0.2, 0.25) is 0 Å². The van der Waals surface area contributed by atoms with Gasteiger partial charge in [-0.05, 0) is 19.4 Å². The molecule has 0 radical (unpaired) electrons. The van der Waals surface area contributed by atoms with Crippen LogP contribution in [-0.2, 0) is 0 Å². The van der Waals surface area contributed by atoms with Gasteiger partial charge in [-0.25, -0.2) is 0 Å². The van der Waals surface area contributed by atoms with Gasteiger partial charge in [-0.3, -0.25) is 4.90 Å². The van der Waals surface area contributed by atoms with E-state index in [9.17, 15) is 13.2 Å². The summed E-state index contributed by atoms with van der Waals surface area (Å²) in [6.45, 7) is 0.964. The van der Waals surface area contributed by atoms with Gasteiger partial charge in [0.1, 0.15) is 0 Å². The second-order valence-corrected chi connectivity index (χ2v) is 4.71. The minimum atomic E-state index is -4.02. The molecule has 0 aliphatic carbocycles. The van der Waals surface area contributed by atoms with Gasteiger partial charge in [-0.15, -0.1) is 0 Å². The van der Waals surface area contributed by atoms with Crippen molar-refractivity contribution in [2.45, 2.75) is 44.3 Å². The number of hydrogen-bond acceptors (Lipinski definition) is 1. The van der Waals surface area contributed by atoms with Gasteiger partial charge in [0.25, 0.3) is 0 Å². The highest BCUT2D eigenvalue weighted by molar-refractivity contribution is 9.09. The van der Waals surface area contributed by atoms with Gasteiger partial charge >= 0.3 is 6.18 Å². The molecule has 1 aliphatic rings. The van der Waals surface area contributed by atoms with Crippen molar-refractivity contribution in [2.75, 3.05) is 18.4 Å². The number of rotatable bonds is 3. The van der Waals surface area contributed by atoms with E-state index in [1.165, 1.54) is 0 Å². The third-order valence-electron chi connectivity index (χ3n) is 2.86. The fraction of sp³-hybridized carbons (Fsp3) is 1.00. The quantitative estimate of drug-likeness (QED) is 0.717. The monoisotopic (exact) mass is 287 g/mol. The predicted molar refractivity (Wildman–Crippen MR) is 58.3 cm³/mol. The third-order valence-corrected chi connectivity index (χ3v) is 3.61. The molecule has 90 valence electrons. The number of alkyl halides is 4. The van der Waals surface area contributed by atoms with Crippen molar-refractivity contribution in [1.82, 2.24) is 4.90 Å². The molecular formula is C10H17BrF3N. The minimum Gasteiger partial charge on any atom is -0.299 e. The van der Waals surface area contributed by atoms with Crippen LogP contribution in [0.25, 0.3) is 0 Å². The molecule has 1 nitrogen and oxygen atoms in total. The SMILES string of the molecule is FC(F)(F)CCN1CCCCCC1CBr. The number of hydrogen-bond donors (Lipinski definition) is 0. The Morgan fingerprint density at radius 1 is 1.20 bits per heavy atom. The maximum absolute atomic E-state index is 12.1. The zero-order valence-corrected chi connectivity index (χ0v) is 10.3. The predicted octanol–water partition coefficient (Wildman–Crippen LogP) is 3.58. The highest BCUT2D eigenvalue weighted by Gasteiger charge is 2.29. The summed E-state index contributed by atoms with van der Waals surface area (Å²) in [6.07, 6.45) is -0.380. The summed E-state index contributed by atoms with van der Waals surface area (Å²) in [6, 6.07) is 0.287. The molecule has 0 spiro atoms. The molecular weight excluding hydrogens is 271 g/mol. The van der Waals surface area contributed by atoms with Gasteiger partial charge in [-0.1, -0.05) is 28.8 Å². The van der Waals surface area contributed by atoms with Crippen LogP contribution in [0.2, 0.25) is 0 Å². The maximum atomic E-state index is 12.1. The highest BCUT2D eigenvalue weighted by atomic mass is 79.9. The molecule has 0 aromatic carbocycles. The highest BCUT2D eigenvalue weighted by Crippen LogP contribution is 2.23. The first-order valence-corrected chi connectivity index (χ1v) is 6.52. The van der Waals surface area contributed by atoms with Gasteiger partial charge in [0, 0.05) is 17.9 Å². The normalized spacial score (nSPS) is 25.2. The minimum absolute atomic E-state index is 0.153. The molecule has 1 rings (SSSR count). The van der Waals surface area contributed by atoms with Crippen molar-refractivity contribution >= 4 is 15.9 Å². The van der Waals surface area contributed by atoms with E-state index in [1.807, 2.05) is 4.90 Å². The molecule has 1 atom stereocenters. The van der Waals surface area contributed by atoms with Crippen molar-refractivity contribution in [3.63, 3.8) is 0 Å². The Bertz CT molecular complexity index is 184. The lowest BCUT2D eigenvalue weighted by Gasteiger charge is -2.28. The van der Waals surface area contributed by atoms with Crippen LogP contribution < -0.4 is 0 Å². The van der Waals surface area contributed by atoms with E-state index in [2.05, 4.69) is 15.9 Å². The molecule has 1 aliphatic heterocycles. The summed E-state index contributed by atoms with van der Waals surface area (Å²) >= 11 is 3.38. The summed E-state index contributed by atoms with van der Waals surface area (Å²) in [5, 5.41) is 0.783. The van der Waals surface area contributed by atoms with Crippen LogP contribution in [-0.4, -0.2) is 35.5 Å². The fourth-order valence-corrected chi connectivity index (χ4v) is 2.71. The molecule has 15 heavy (non-hydrogen) atoms. The Kier molecular flexibility index (Phi) is 5.39. The van der Waals surface area contributed by atoms with Crippen molar-refractivity contribution in [1.29, 1.82) is 0 Å². The van der Waals surface area contributed by atoms with Gasteiger partial charge in [-0.2, -0.15) is 13.2 Å². The van der Waals surface area contributed by atoms with E-state index in [0.29, 0.717) is 0 Å². The lowest BCUT2D eigenvalue weighted by molar-refractivity contribution is -0.138. The summed E-state index contributed by atoms with van der Waals surface area (Å²) in [4.78, 5) is 1.98. The van der Waals surface area contributed by atoms with E-state index in [-0.39, 0.29) is 12.6 Å². The topological polar surface area (TPSA) is 3.24 Å². The van der Waals surface area contributed by atoms with E-state index < -0.39 is 12.6 Å². The number of halogens is 4. The van der Waals surface area contributed by atoms with E-state index >= 15 is 0 Å². The second-order valence-electron chi connectivity index (χ2n) is 4.06. The van der Waals surface area contributed by atoms with Crippen LogP contribution in [0.4, 0.5) is 13.2 Å². The van der Waals surface area contributed by atoms with Gasteiger partial charge < -0.3 is 0 Å². The first kappa shape index (κ1) is 13.3. The Labute approximate surface area is 97.1 Å². The van der Waals surface area contributed by atoms with Crippen molar-refractivity contribution < 1.29 is 13.2 Å². The van der Waals surface area contributed by atoms with E-state index in [0.717, 1.165) is 37.6 Å². The van der Waals surface area contributed by atoms with Crippen molar-refractivity contribution in [2.24, 2.45) is 0 Å². The Morgan fingerprint density at radius 2 is 1.93 bits per heavy atom. The molecule has 0 aromatic rings. The Hall–Kier alpha value is 0.230. The molecule has 0 aromatic heterocycles. The standard InChI is InChI=1S/C10H17BrF3N/c11-8-9-4-2-1-3-6-15(9)7-5-10(12,13)14/h9H,1-8H2. The molecule has 1 heterocycles. The van der Waals surface area contributed by atoms with Crippen LogP contribution in [0.15, 0.2) is 0 Å². The summed E-state index contributed by atoms with van der Waals surface area (Å²) < 4.78 is 36.3. The number of nitrogens with zero attached hydrogens (tertiary/aromatic N) is 1. The molecule has 0 saturated carbocycles. The van der Waals surface area contributed by atoms with Crippen LogP contribution in [0.5, 0.6) is 0 Å². The average Bonchev–Trinajstić information content (AvgIpc) is 2.37. The molecule has 0 bridgehead atoms. The van der Waals surface area contributed by atoms with Crippen molar-refractivity contribution in [3.8, 4) is 0 Å². The van der Waals surface area contributed by atoms with Crippen LogP contribution in [0.3, 0.4) is 0 Å². The first-order valence-electron chi connectivity index (χ1n) is 5.39. The second kappa shape index (κ2) is 6.09. The smallest absolute Gasteiger partial charge is 0.299 e. The van der Waals surface area contributed by atoms with E-state index in [1.54, 1.807) is 0 Å². The fourth-order valence-electron chi connectivity index (χ4n) is 1.98. The van der Waals surface area contributed by atoms with Crippen molar-refractivity contribution in [3.05, 3.63) is 0 Å². The Balaban J connectivity index is 2.41. The lowest BCUT2D eigenvalue weighted by Crippen LogP contribution is -2.38. The lowest BCUT2D eigenvalue weighted by atomic mass is 10.1. The molecule has 0 amide bonds. The van der Waals surface area contributed by atoms with Gasteiger partial charge in [0.15, 0.2) is 0 Å². The van der Waals surface area contributed by atoms with Crippen LogP contribution in [0.1, 0.15) is 32.1 Å². The number of likely N-dealkylation sites (tertiary alicyclic amines) is 1. The molecule has 5 heteroatoms. The largest absolute Gasteiger partial charge is 0.390 e. The van der Waals surface area contributed by atoms with Crippen LogP contribution >= 0.6 is 15.9 Å².